The molecule has 2 aromatic rings. The third-order valence-electron chi connectivity index (χ3n) is 3.88. The molecule has 0 fully saturated rings. The lowest BCUT2D eigenvalue weighted by molar-refractivity contribution is -0.385. The minimum Gasteiger partial charge on any atom is -0.463 e. The maximum Gasteiger partial charge on any atom is 0.416 e. The molecule has 0 unspecified atom stereocenters. The second kappa shape index (κ2) is 11.3. The predicted molar refractivity (Wildman–Crippen MR) is 110 cm³/mol. The number of carbonyl (C=O) groups is 2. The zero-order chi connectivity index (χ0) is 24.6. The molecule has 2 rings (SSSR count). The van der Waals surface area contributed by atoms with E-state index in [1.165, 1.54) is 6.08 Å². The van der Waals surface area contributed by atoms with Crippen LogP contribution in [0.4, 0.5) is 18.9 Å². The summed E-state index contributed by atoms with van der Waals surface area (Å²) in [4.78, 5) is 34.1. The summed E-state index contributed by atoms with van der Waals surface area (Å²) in [6.07, 6.45) is -1.73. The minimum absolute atomic E-state index is 0.104. The number of nitro groups is 1. The van der Waals surface area contributed by atoms with Crippen LogP contribution in [0.1, 0.15) is 29.3 Å². The Bertz CT molecular complexity index is 1070. The fourth-order valence-electron chi connectivity index (χ4n) is 2.38. The zero-order valence-corrected chi connectivity index (χ0v) is 17.8. The molecule has 0 aromatic heterocycles. The van der Waals surface area contributed by atoms with Crippen LogP contribution in [0.3, 0.4) is 0 Å². The van der Waals surface area contributed by atoms with Gasteiger partial charge in [-0.05, 0) is 36.8 Å². The van der Waals surface area contributed by atoms with Gasteiger partial charge in [0.2, 0.25) is 0 Å². The Morgan fingerprint density at radius 3 is 2.48 bits per heavy atom. The van der Waals surface area contributed by atoms with Gasteiger partial charge in [-0.25, -0.2) is 9.59 Å². The van der Waals surface area contributed by atoms with E-state index in [1.807, 2.05) is 6.92 Å². The Labute approximate surface area is 190 Å². The number of hydrogen-bond donors (Lipinski definition) is 0. The van der Waals surface area contributed by atoms with Gasteiger partial charge in [0, 0.05) is 18.2 Å². The highest BCUT2D eigenvalue weighted by Crippen LogP contribution is 2.37. The maximum absolute atomic E-state index is 12.8. The number of rotatable bonds is 9. The highest BCUT2D eigenvalue weighted by molar-refractivity contribution is 6.32. The van der Waals surface area contributed by atoms with Crippen LogP contribution >= 0.6 is 11.6 Å². The summed E-state index contributed by atoms with van der Waals surface area (Å²) < 4.78 is 53.4. The third-order valence-corrected chi connectivity index (χ3v) is 4.18. The molecule has 0 heterocycles. The lowest BCUT2D eigenvalue weighted by Crippen LogP contribution is -2.09. The molecular formula is C21H17ClF3NO7. The van der Waals surface area contributed by atoms with Crippen LogP contribution in [0.15, 0.2) is 48.6 Å². The average molecular weight is 488 g/mol. The molecule has 0 aliphatic heterocycles. The van der Waals surface area contributed by atoms with Gasteiger partial charge in [-0.15, -0.1) is 0 Å². The molecule has 0 saturated heterocycles. The first kappa shape index (κ1) is 25.7. The molecule has 0 N–H and O–H groups in total. The number of nitro benzene ring substituents is 1. The van der Waals surface area contributed by atoms with Gasteiger partial charge in [-0.1, -0.05) is 18.5 Å². The van der Waals surface area contributed by atoms with Crippen molar-refractivity contribution in [2.45, 2.75) is 19.5 Å². The molecule has 0 aliphatic rings. The van der Waals surface area contributed by atoms with E-state index in [4.69, 9.17) is 25.8 Å². The summed E-state index contributed by atoms with van der Waals surface area (Å²) in [5, 5.41) is 10.9. The first-order valence-electron chi connectivity index (χ1n) is 9.36. The van der Waals surface area contributed by atoms with Crippen LogP contribution in [-0.2, 0) is 20.4 Å². The number of ether oxygens (including phenoxy) is 3. The van der Waals surface area contributed by atoms with Crippen molar-refractivity contribution >= 4 is 29.2 Å². The van der Waals surface area contributed by atoms with E-state index in [0.29, 0.717) is 12.5 Å². The lowest BCUT2D eigenvalue weighted by Gasteiger charge is -2.12. The van der Waals surface area contributed by atoms with Gasteiger partial charge < -0.3 is 14.2 Å². The second-order valence-electron chi connectivity index (χ2n) is 6.35. The summed E-state index contributed by atoms with van der Waals surface area (Å²) in [5.74, 6) is -1.99. The Balaban J connectivity index is 2.17. The van der Waals surface area contributed by atoms with Crippen molar-refractivity contribution in [3.63, 3.8) is 0 Å². The van der Waals surface area contributed by atoms with Crippen molar-refractivity contribution in [1.82, 2.24) is 0 Å². The monoisotopic (exact) mass is 487 g/mol. The van der Waals surface area contributed by atoms with Crippen molar-refractivity contribution in [3.05, 3.63) is 74.8 Å². The molecule has 2 aromatic carbocycles. The number of esters is 2. The maximum atomic E-state index is 12.8. The standard InChI is InChI=1S/C21H17ClF3NO7/c1-2-9-31-19(27)4-3-10-32-20(28)15-12-14(6-7-17(15)26(29)30)33-18-8-5-13(11-16(18)22)21(23,24)25/h3-8,11-12H,2,9-10H2,1H3/b4-3+. The van der Waals surface area contributed by atoms with Crippen LogP contribution in [0, 0.1) is 10.1 Å². The van der Waals surface area contributed by atoms with Crippen LogP contribution in [0.2, 0.25) is 5.02 Å². The number of hydrogen-bond acceptors (Lipinski definition) is 7. The molecule has 12 heteroatoms. The van der Waals surface area contributed by atoms with E-state index in [-0.39, 0.29) is 29.7 Å². The van der Waals surface area contributed by atoms with Crippen LogP contribution < -0.4 is 4.74 Å². The predicted octanol–water partition coefficient (Wildman–Crippen LogP) is 5.73. The molecule has 176 valence electrons. The quantitative estimate of drug-likeness (QED) is 0.192. The summed E-state index contributed by atoms with van der Waals surface area (Å²) in [5.41, 5.74) is -2.04. The molecule has 0 aliphatic carbocycles. The van der Waals surface area contributed by atoms with Crippen molar-refractivity contribution in [2.75, 3.05) is 13.2 Å². The number of alkyl halides is 3. The molecule has 0 amide bonds. The first-order valence-corrected chi connectivity index (χ1v) is 9.74. The van der Waals surface area contributed by atoms with Gasteiger partial charge >= 0.3 is 18.1 Å². The van der Waals surface area contributed by atoms with E-state index >= 15 is 0 Å². The van der Waals surface area contributed by atoms with Crippen LogP contribution in [0.25, 0.3) is 0 Å². The fraction of sp³-hybridized carbons (Fsp3) is 0.238. The summed E-state index contributed by atoms with van der Waals surface area (Å²) in [6.45, 7) is 1.67. The van der Waals surface area contributed by atoms with Crippen molar-refractivity contribution < 1.29 is 41.9 Å². The van der Waals surface area contributed by atoms with E-state index in [1.54, 1.807) is 0 Å². The van der Waals surface area contributed by atoms with Crippen molar-refractivity contribution in [3.8, 4) is 11.5 Å². The first-order chi connectivity index (χ1) is 15.5. The van der Waals surface area contributed by atoms with E-state index in [0.717, 1.165) is 36.4 Å². The SMILES string of the molecule is CCCOC(=O)/C=C/COC(=O)c1cc(Oc2ccc(C(F)(F)F)cc2Cl)ccc1[N+](=O)[O-]. The molecule has 0 bridgehead atoms. The van der Waals surface area contributed by atoms with Gasteiger partial charge in [0.05, 0.1) is 22.1 Å². The van der Waals surface area contributed by atoms with Gasteiger partial charge in [-0.2, -0.15) is 13.2 Å². The molecule has 0 spiro atoms. The highest BCUT2D eigenvalue weighted by atomic mass is 35.5. The van der Waals surface area contributed by atoms with Gasteiger partial charge in [-0.3, -0.25) is 10.1 Å². The number of halogens is 4. The van der Waals surface area contributed by atoms with Gasteiger partial charge in [0.25, 0.3) is 5.69 Å². The van der Waals surface area contributed by atoms with Crippen molar-refractivity contribution in [2.24, 2.45) is 0 Å². The summed E-state index contributed by atoms with van der Waals surface area (Å²) >= 11 is 5.84. The highest BCUT2D eigenvalue weighted by Gasteiger charge is 2.31. The molecule has 33 heavy (non-hydrogen) atoms. The fourth-order valence-corrected chi connectivity index (χ4v) is 2.60. The topological polar surface area (TPSA) is 105 Å². The van der Waals surface area contributed by atoms with Crippen LogP contribution in [0.5, 0.6) is 11.5 Å². The Kier molecular flexibility index (Phi) is 8.80. The number of carbonyl (C=O) groups excluding carboxylic acids is 2. The lowest BCUT2D eigenvalue weighted by atomic mass is 10.1. The molecule has 0 atom stereocenters. The zero-order valence-electron chi connectivity index (χ0n) is 17.1. The largest absolute Gasteiger partial charge is 0.463 e. The number of benzene rings is 2. The number of nitrogens with zero attached hydrogens (tertiary/aromatic N) is 1. The Hall–Kier alpha value is -3.60. The molecular weight excluding hydrogens is 471 g/mol. The van der Waals surface area contributed by atoms with Crippen molar-refractivity contribution in [1.29, 1.82) is 0 Å². The smallest absolute Gasteiger partial charge is 0.416 e. The Morgan fingerprint density at radius 2 is 1.88 bits per heavy atom. The average Bonchev–Trinajstić information content (AvgIpc) is 2.75. The summed E-state index contributed by atoms with van der Waals surface area (Å²) in [7, 11) is 0. The van der Waals surface area contributed by atoms with E-state index in [9.17, 15) is 32.9 Å². The second-order valence-corrected chi connectivity index (χ2v) is 6.76. The third kappa shape index (κ3) is 7.49. The Morgan fingerprint density at radius 1 is 1.15 bits per heavy atom. The van der Waals surface area contributed by atoms with Gasteiger partial charge in [0.1, 0.15) is 23.7 Å². The van der Waals surface area contributed by atoms with E-state index in [2.05, 4.69) is 0 Å². The normalized spacial score (nSPS) is 11.3. The van der Waals surface area contributed by atoms with Crippen LogP contribution in [-0.4, -0.2) is 30.1 Å². The van der Waals surface area contributed by atoms with E-state index < -0.39 is 39.9 Å². The van der Waals surface area contributed by atoms with Gasteiger partial charge in [0.15, 0.2) is 0 Å². The molecule has 0 radical (unpaired) electrons. The minimum atomic E-state index is -4.60. The molecule has 0 saturated carbocycles. The summed E-state index contributed by atoms with van der Waals surface area (Å²) in [6, 6.07) is 5.50. The molecule has 8 nitrogen and oxygen atoms in total.